The number of carbonyl (C=O) groups excluding carboxylic acids is 1. The van der Waals surface area contributed by atoms with E-state index in [2.05, 4.69) is 11.1 Å². The van der Waals surface area contributed by atoms with E-state index in [1.54, 1.807) is 42.7 Å². The average molecular weight is 327 g/mol. The Kier molecular flexibility index (Phi) is 3.64. The van der Waals surface area contributed by atoms with E-state index in [1.807, 2.05) is 30.3 Å². The van der Waals surface area contributed by atoms with Crippen molar-refractivity contribution in [1.82, 2.24) is 4.98 Å². The van der Waals surface area contributed by atoms with Gasteiger partial charge in [-0.3, -0.25) is 14.7 Å². The lowest BCUT2D eigenvalue weighted by Crippen LogP contribution is -2.26. The van der Waals surface area contributed by atoms with E-state index in [1.165, 1.54) is 4.90 Å². The lowest BCUT2D eigenvalue weighted by Gasteiger charge is -2.19. The van der Waals surface area contributed by atoms with Crippen LogP contribution in [0.1, 0.15) is 22.0 Å². The van der Waals surface area contributed by atoms with Gasteiger partial charge in [0.15, 0.2) is 6.04 Å². The summed E-state index contributed by atoms with van der Waals surface area (Å²) < 4.78 is 5.82. The molecule has 0 saturated heterocycles. The number of hydrogen-bond donors (Lipinski definition) is 0. The molecule has 4 rings (SSSR count). The number of aromatic nitrogens is 1. The van der Waals surface area contributed by atoms with Gasteiger partial charge in [0.1, 0.15) is 11.5 Å². The Balaban J connectivity index is 1.72. The fourth-order valence-electron chi connectivity index (χ4n) is 2.93. The molecule has 0 fully saturated rings. The van der Waals surface area contributed by atoms with Gasteiger partial charge in [-0.1, -0.05) is 18.2 Å². The first-order chi connectivity index (χ1) is 12.3. The predicted octanol–water partition coefficient (Wildman–Crippen LogP) is 4.10. The molecule has 0 saturated carbocycles. The van der Waals surface area contributed by atoms with Crippen molar-refractivity contribution in [2.45, 2.75) is 6.04 Å². The maximum atomic E-state index is 12.7. The molecule has 0 bridgehead atoms. The van der Waals surface area contributed by atoms with Crippen LogP contribution in [0.3, 0.4) is 0 Å². The minimum absolute atomic E-state index is 0.208. The van der Waals surface area contributed by atoms with Gasteiger partial charge in [0, 0.05) is 17.3 Å². The SMILES string of the molecule is N#CC1c2cc(Oc3ccccc3)ccc2C(=O)N1c1cccnc1. The molecule has 5 nitrogen and oxygen atoms in total. The van der Waals surface area contributed by atoms with Gasteiger partial charge in [-0.05, 0) is 42.5 Å². The summed E-state index contributed by atoms with van der Waals surface area (Å²) in [4.78, 5) is 18.2. The quantitative estimate of drug-likeness (QED) is 0.726. The van der Waals surface area contributed by atoms with Gasteiger partial charge >= 0.3 is 0 Å². The number of para-hydroxylation sites is 1. The van der Waals surface area contributed by atoms with Crippen molar-refractivity contribution in [2.75, 3.05) is 4.90 Å². The molecule has 5 heteroatoms. The zero-order valence-corrected chi connectivity index (χ0v) is 13.2. The van der Waals surface area contributed by atoms with Gasteiger partial charge in [-0.25, -0.2) is 0 Å². The summed E-state index contributed by atoms with van der Waals surface area (Å²) >= 11 is 0. The standard InChI is InChI=1S/C20H13N3O2/c21-12-19-18-11-16(25-15-6-2-1-3-7-15)8-9-17(18)20(24)23(19)14-5-4-10-22-13-14/h1-11,13,19H. The molecular weight excluding hydrogens is 314 g/mol. The first-order valence-electron chi connectivity index (χ1n) is 7.78. The number of pyridine rings is 1. The smallest absolute Gasteiger partial charge is 0.260 e. The van der Waals surface area contributed by atoms with Crippen molar-refractivity contribution in [2.24, 2.45) is 0 Å². The highest BCUT2D eigenvalue weighted by Crippen LogP contribution is 2.39. The number of carbonyl (C=O) groups is 1. The van der Waals surface area contributed by atoms with E-state index in [9.17, 15) is 10.1 Å². The van der Waals surface area contributed by atoms with Crippen LogP contribution in [0.4, 0.5) is 5.69 Å². The molecule has 1 aliphatic rings. The highest BCUT2D eigenvalue weighted by molar-refractivity contribution is 6.11. The van der Waals surface area contributed by atoms with E-state index in [-0.39, 0.29) is 5.91 Å². The van der Waals surface area contributed by atoms with Crippen LogP contribution < -0.4 is 9.64 Å². The van der Waals surface area contributed by atoms with Crippen molar-refractivity contribution in [3.05, 3.63) is 84.2 Å². The molecule has 120 valence electrons. The van der Waals surface area contributed by atoms with Gasteiger partial charge in [-0.2, -0.15) is 5.26 Å². The van der Waals surface area contributed by atoms with Crippen molar-refractivity contribution >= 4 is 11.6 Å². The van der Waals surface area contributed by atoms with Gasteiger partial charge in [0.05, 0.1) is 18.0 Å². The fraction of sp³-hybridized carbons (Fsp3) is 0.0500. The van der Waals surface area contributed by atoms with Crippen LogP contribution in [0.5, 0.6) is 11.5 Å². The largest absolute Gasteiger partial charge is 0.457 e. The van der Waals surface area contributed by atoms with Crippen LogP contribution in [-0.4, -0.2) is 10.9 Å². The number of anilines is 1. The monoisotopic (exact) mass is 327 g/mol. The number of amides is 1. The van der Waals surface area contributed by atoms with Crippen LogP contribution in [0.15, 0.2) is 73.1 Å². The molecule has 3 aromatic rings. The number of rotatable bonds is 3. The van der Waals surface area contributed by atoms with Crippen molar-refractivity contribution in [3.63, 3.8) is 0 Å². The second-order valence-electron chi connectivity index (χ2n) is 5.58. The van der Waals surface area contributed by atoms with Crippen LogP contribution in [0, 0.1) is 11.3 Å². The summed E-state index contributed by atoms with van der Waals surface area (Å²) in [6, 6.07) is 19.6. The highest BCUT2D eigenvalue weighted by Gasteiger charge is 2.38. The number of ether oxygens (including phenoxy) is 1. The maximum Gasteiger partial charge on any atom is 0.260 e. The molecule has 1 aliphatic heterocycles. The Morgan fingerprint density at radius 3 is 2.60 bits per heavy atom. The second-order valence-corrected chi connectivity index (χ2v) is 5.58. The molecule has 0 aliphatic carbocycles. The molecule has 2 aromatic carbocycles. The first-order valence-corrected chi connectivity index (χ1v) is 7.78. The summed E-state index contributed by atoms with van der Waals surface area (Å²) in [5.41, 5.74) is 1.75. The van der Waals surface area contributed by atoms with Gasteiger partial charge < -0.3 is 4.74 Å². The predicted molar refractivity (Wildman–Crippen MR) is 92.4 cm³/mol. The summed E-state index contributed by atoms with van der Waals surface area (Å²) in [5.74, 6) is 1.08. The van der Waals surface area contributed by atoms with Crippen molar-refractivity contribution in [1.29, 1.82) is 5.26 Å². The minimum atomic E-state index is -0.703. The zero-order valence-electron chi connectivity index (χ0n) is 13.2. The Labute approximate surface area is 144 Å². The number of benzene rings is 2. The molecule has 1 unspecified atom stereocenters. The van der Waals surface area contributed by atoms with Crippen LogP contribution in [0.2, 0.25) is 0 Å². The molecule has 1 amide bonds. The summed E-state index contributed by atoms with van der Waals surface area (Å²) in [5, 5.41) is 9.64. The third kappa shape index (κ3) is 2.60. The van der Waals surface area contributed by atoms with Crippen molar-refractivity contribution in [3.8, 4) is 17.6 Å². The molecule has 0 radical (unpaired) electrons. The van der Waals surface area contributed by atoms with Gasteiger partial charge in [0.25, 0.3) is 5.91 Å². The zero-order chi connectivity index (χ0) is 17.2. The second kappa shape index (κ2) is 6.10. The Hall–Kier alpha value is -3.65. The number of nitriles is 1. The molecule has 2 heterocycles. The molecule has 1 atom stereocenters. The normalized spacial score (nSPS) is 15.6. The minimum Gasteiger partial charge on any atom is -0.457 e. The van der Waals surface area contributed by atoms with E-state index in [4.69, 9.17) is 4.74 Å². The van der Waals surface area contributed by atoms with Crippen LogP contribution >= 0.6 is 0 Å². The van der Waals surface area contributed by atoms with Gasteiger partial charge in [-0.15, -0.1) is 0 Å². The van der Waals surface area contributed by atoms with Crippen LogP contribution in [0.25, 0.3) is 0 Å². The average Bonchev–Trinajstić information content (AvgIpc) is 2.94. The lowest BCUT2D eigenvalue weighted by atomic mass is 10.1. The maximum absolute atomic E-state index is 12.7. The summed E-state index contributed by atoms with van der Waals surface area (Å²) in [7, 11) is 0. The lowest BCUT2D eigenvalue weighted by molar-refractivity contribution is 0.0994. The third-order valence-electron chi connectivity index (χ3n) is 4.05. The molecular formula is C20H13N3O2. The number of fused-ring (bicyclic) bond motifs is 1. The molecule has 0 spiro atoms. The van der Waals surface area contributed by atoms with Crippen molar-refractivity contribution < 1.29 is 9.53 Å². The topological polar surface area (TPSA) is 66.2 Å². The van der Waals surface area contributed by atoms with E-state index in [0.717, 1.165) is 0 Å². The third-order valence-corrected chi connectivity index (χ3v) is 4.05. The van der Waals surface area contributed by atoms with E-state index < -0.39 is 6.04 Å². The summed E-state index contributed by atoms with van der Waals surface area (Å²) in [6.45, 7) is 0. The Bertz CT molecular complexity index is 965. The fourth-order valence-corrected chi connectivity index (χ4v) is 2.93. The molecule has 0 N–H and O–H groups in total. The van der Waals surface area contributed by atoms with Gasteiger partial charge in [0.2, 0.25) is 0 Å². The number of hydrogen-bond acceptors (Lipinski definition) is 4. The summed E-state index contributed by atoms with van der Waals surface area (Å²) in [6.07, 6.45) is 3.21. The molecule has 1 aromatic heterocycles. The van der Waals surface area contributed by atoms with E-state index in [0.29, 0.717) is 28.3 Å². The highest BCUT2D eigenvalue weighted by atomic mass is 16.5. The Morgan fingerprint density at radius 1 is 1.04 bits per heavy atom. The van der Waals surface area contributed by atoms with E-state index >= 15 is 0 Å². The first kappa shape index (κ1) is 14.9. The Morgan fingerprint density at radius 2 is 1.88 bits per heavy atom. The van der Waals surface area contributed by atoms with Crippen LogP contribution in [-0.2, 0) is 0 Å². The number of nitrogens with zero attached hydrogens (tertiary/aromatic N) is 3. The molecule has 25 heavy (non-hydrogen) atoms.